The van der Waals surface area contributed by atoms with Gasteiger partial charge in [0.1, 0.15) is 0 Å². The Morgan fingerprint density at radius 3 is 2.84 bits per heavy atom. The Balaban J connectivity index is 1.52. The third kappa shape index (κ3) is 4.52. The summed E-state index contributed by atoms with van der Waals surface area (Å²) in [6, 6.07) is 14.9. The van der Waals surface area contributed by atoms with Gasteiger partial charge in [0.15, 0.2) is 0 Å². The van der Waals surface area contributed by atoms with E-state index in [0.29, 0.717) is 5.56 Å². The highest BCUT2D eigenvalue weighted by atomic mass is 79.9. The summed E-state index contributed by atoms with van der Waals surface area (Å²) < 4.78 is 1.97. The van der Waals surface area contributed by atoms with Gasteiger partial charge in [0.25, 0.3) is 11.8 Å². The molecule has 0 unspecified atom stereocenters. The fourth-order valence-corrected chi connectivity index (χ4v) is 3.51. The third-order valence-corrected chi connectivity index (χ3v) is 4.88. The number of hydrogen-bond acceptors (Lipinski definition) is 4. The second kappa shape index (κ2) is 8.04. The van der Waals surface area contributed by atoms with Gasteiger partial charge in [-0.1, -0.05) is 40.2 Å². The number of benzene rings is 2. The standard InChI is InChI=1S/C18H14BrN3O2S/c19-14-5-3-4-12(8-14)18(24)20-10-17(23)22-21-9-13-11-25-16-7-2-1-6-15(13)16/h1-9,11H,10H2,(H,20,24)(H,22,23). The lowest BCUT2D eigenvalue weighted by Crippen LogP contribution is -2.34. The highest BCUT2D eigenvalue weighted by Gasteiger charge is 2.08. The van der Waals surface area contributed by atoms with Crippen LogP contribution in [-0.4, -0.2) is 24.6 Å². The van der Waals surface area contributed by atoms with Gasteiger partial charge in [0.2, 0.25) is 0 Å². The largest absolute Gasteiger partial charge is 0.343 e. The molecule has 3 rings (SSSR count). The number of thiophene rings is 1. The molecule has 0 atom stereocenters. The van der Waals surface area contributed by atoms with E-state index in [1.54, 1.807) is 35.8 Å². The summed E-state index contributed by atoms with van der Waals surface area (Å²) in [6.45, 7) is -0.146. The smallest absolute Gasteiger partial charge is 0.259 e. The molecule has 0 aliphatic rings. The number of fused-ring (bicyclic) bond motifs is 1. The first-order valence-electron chi connectivity index (χ1n) is 7.45. The van der Waals surface area contributed by atoms with Gasteiger partial charge in [-0.05, 0) is 24.3 Å². The number of halogens is 1. The van der Waals surface area contributed by atoms with Gasteiger partial charge in [-0.15, -0.1) is 11.3 Å². The van der Waals surface area contributed by atoms with Gasteiger partial charge in [0, 0.05) is 31.1 Å². The molecule has 3 aromatic rings. The molecule has 1 heterocycles. The summed E-state index contributed by atoms with van der Waals surface area (Å²) in [5, 5.41) is 9.58. The lowest BCUT2D eigenvalue weighted by molar-refractivity contribution is -0.120. The van der Waals surface area contributed by atoms with Crippen LogP contribution in [0.5, 0.6) is 0 Å². The van der Waals surface area contributed by atoms with Crippen molar-refractivity contribution in [3.63, 3.8) is 0 Å². The molecule has 126 valence electrons. The average Bonchev–Trinajstić information content (AvgIpc) is 3.03. The van der Waals surface area contributed by atoms with E-state index in [-0.39, 0.29) is 18.4 Å². The molecule has 0 aliphatic carbocycles. The zero-order valence-electron chi connectivity index (χ0n) is 13.0. The number of hydrogen-bond donors (Lipinski definition) is 2. The Morgan fingerprint density at radius 2 is 2.00 bits per heavy atom. The zero-order chi connectivity index (χ0) is 17.6. The van der Waals surface area contributed by atoms with Crippen LogP contribution in [0.2, 0.25) is 0 Å². The van der Waals surface area contributed by atoms with Crippen LogP contribution in [-0.2, 0) is 4.79 Å². The number of nitrogens with one attached hydrogen (secondary N) is 2. The maximum atomic E-state index is 12.0. The summed E-state index contributed by atoms with van der Waals surface area (Å²) in [4.78, 5) is 23.8. The van der Waals surface area contributed by atoms with Gasteiger partial charge in [-0.3, -0.25) is 9.59 Å². The Morgan fingerprint density at radius 1 is 1.16 bits per heavy atom. The first-order chi connectivity index (χ1) is 12.1. The van der Waals surface area contributed by atoms with Gasteiger partial charge < -0.3 is 5.32 Å². The summed E-state index contributed by atoms with van der Waals surface area (Å²) in [5.74, 6) is -0.705. The van der Waals surface area contributed by atoms with Crippen LogP contribution in [0.15, 0.2) is 63.5 Å². The van der Waals surface area contributed by atoms with Crippen molar-refractivity contribution in [2.45, 2.75) is 0 Å². The zero-order valence-corrected chi connectivity index (χ0v) is 15.4. The Labute approximate surface area is 156 Å². The predicted octanol–water partition coefficient (Wildman–Crippen LogP) is 3.54. The molecule has 0 spiro atoms. The van der Waals surface area contributed by atoms with Crippen molar-refractivity contribution in [2.24, 2.45) is 5.10 Å². The molecule has 5 nitrogen and oxygen atoms in total. The number of carbonyl (C=O) groups excluding carboxylic acids is 2. The molecule has 2 N–H and O–H groups in total. The van der Waals surface area contributed by atoms with E-state index in [1.807, 2.05) is 35.7 Å². The third-order valence-electron chi connectivity index (χ3n) is 3.40. The highest BCUT2D eigenvalue weighted by Crippen LogP contribution is 2.24. The van der Waals surface area contributed by atoms with Crippen LogP contribution in [0.25, 0.3) is 10.1 Å². The minimum atomic E-state index is -0.390. The van der Waals surface area contributed by atoms with Crippen LogP contribution in [0, 0.1) is 0 Å². The molecule has 1 aromatic heterocycles. The van der Waals surface area contributed by atoms with Crippen LogP contribution < -0.4 is 10.7 Å². The quantitative estimate of drug-likeness (QED) is 0.494. The molecule has 7 heteroatoms. The number of carbonyl (C=O) groups is 2. The molecule has 25 heavy (non-hydrogen) atoms. The van der Waals surface area contributed by atoms with Crippen molar-refractivity contribution in [3.05, 3.63) is 69.5 Å². The molecule has 0 fully saturated rings. The number of nitrogens with zero attached hydrogens (tertiary/aromatic N) is 1. The van der Waals surface area contributed by atoms with Crippen LogP contribution >= 0.6 is 27.3 Å². The molecule has 0 bridgehead atoms. The normalized spacial score (nSPS) is 10.9. The van der Waals surface area contributed by atoms with Crippen LogP contribution in [0.3, 0.4) is 0 Å². The summed E-state index contributed by atoms with van der Waals surface area (Å²) >= 11 is 4.92. The molecule has 2 aromatic carbocycles. The second-order valence-corrected chi connectivity index (χ2v) is 7.00. The fraction of sp³-hybridized carbons (Fsp3) is 0.0556. The van der Waals surface area contributed by atoms with E-state index >= 15 is 0 Å². The van der Waals surface area contributed by atoms with E-state index < -0.39 is 0 Å². The van der Waals surface area contributed by atoms with Crippen molar-refractivity contribution in [1.82, 2.24) is 10.7 Å². The summed E-state index contributed by atoms with van der Waals surface area (Å²) in [5.41, 5.74) is 3.84. The topological polar surface area (TPSA) is 70.6 Å². The Hall–Kier alpha value is -2.51. The molecule has 0 saturated heterocycles. The van der Waals surface area contributed by atoms with Crippen LogP contribution in [0.4, 0.5) is 0 Å². The lowest BCUT2D eigenvalue weighted by atomic mass is 10.2. The first-order valence-corrected chi connectivity index (χ1v) is 9.12. The van der Waals surface area contributed by atoms with Gasteiger partial charge in [-0.25, -0.2) is 5.43 Å². The van der Waals surface area contributed by atoms with Crippen molar-refractivity contribution < 1.29 is 9.59 Å². The average molecular weight is 416 g/mol. The fourth-order valence-electron chi connectivity index (χ4n) is 2.20. The van der Waals surface area contributed by atoms with E-state index in [4.69, 9.17) is 0 Å². The SMILES string of the molecule is O=C(CNC(=O)c1cccc(Br)c1)NN=Cc1csc2ccccc12. The number of rotatable bonds is 5. The number of amides is 2. The molecular formula is C18H14BrN3O2S. The van der Waals surface area contributed by atoms with Gasteiger partial charge in [-0.2, -0.15) is 5.10 Å². The Bertz CT molecular complexity index is 952. The first kappa shape index (κ1) is 17.3. The molecule has 0 aliphatic heterocycles. The molecule has 2 amide bonds. The van der Waals surface area contributed by atoms with Gasteiger partial charge >= 0.3 is 0 Å². The molecular weight excluding hydrogens is 402 g/mol. The van der Waals surface area contributed by atoms with Gasteiger partial charge in [0.05, 0.1) is 12.8 Å². The summed E-state index contributed by atoms with van der Waals surface area (Å²) in [7, 11) is 0. The summed E-state index contributed by atoms with van der Waals surface area (Å²) in [6.07, 6.45) is 1.60. The lowest BCUT2D eigenvalue weighted by Gasteiger charge is -2.04. The molecule has 0 radical (unpaired) electrons. The Kier molecular flexibility index (Phi) is 5.57. The van der Waals surface area contributed by atoms with Crippen molar-refractivity contribution in [3.8, 4) is 0 Å². The van der Waals surface area contributed by atoms with Crippen LogP contribution in [0.1, 0.15) is 15.9 Å². The predicted molar refractivity (Wildman–Crippen MR) is 104 cm³/mol. The van der Waals surface area contributed by atoms with Crippen molar-refractivity contribution in [1.29, 1.82) is 0 Å². The van der Waals surface area contributed by atoms with E-state index in [2.05, 4.69) is 31.8 Å². The maximum Gasteiger partial charge on any atom is 0.259 e. The van der Waals surface area contributed by atoms with E-state index in [0.717, 1.165) is 20.1 Å². The second-order valence-electron chi connectivity index (χ2n) is 5.17. The minimum absolute atomic E-state index is 0.146. The number of hydrazone groups is 1. The van der Waals surface area contributed by atoms with Crippen molar-refractivity contribution >= 4 is 55.4 Å². The monoisotopic (exact) mass is 415 g/mol. The molecule has 0 saturated carbocycles. The maximum absolute atomic E-state index is 12.0. The highest BCUT2D eigenvalue weighted by molar-refractivity contribution is 9.10. The van der Waals surface area contributed by atoms with E-state index in [9.17, 15) is 9.59 Å². The minimum Gasteiger partial charge on any atom is -0.343 e. The van der Waals surface area contributed by atoms with E-state index in [1.165, 1.54) is 0 Å². The van der Waals surface area contributed by atoms with Crippen molar-refractivity contribution in [2.75, 3.05) is 6.54 Å².